The molecule has 7 heteroatoms. The quantitative estimate of drug-likeness (QED) is 0.845. The van der Waals surface area contributed by atoms with Crippen molar-refractivity contribution in [3.8, 4) is 0 Å². The normalized spacial score (nSPS) is 19.7. The van der Waals surface area contributed by atoms with Crippen molar-refractivity contribution in [1.82, 2.24) is 30.4 Å². The predicted molar refractivity (Wildman–Crippen MR) is 83.3 cm³/mol. The maximum absolute atomic E-state index is 12.4. The fraction of sp³-hybridized carbons (Fsp3) is 0.500. The Bertz CT molecular complexity index is 725. The molecule has 0 aromatic carbocycles. The minimum absolute atomic E-state index is 0.0311. The maximum atomic E-state index is 12.4. The Morgan fingerprint density at radius 1 is 1.39 bits per heavy atom. The number of nitrogens with one attached hydrogen (secondary N) is 2. The summed E-state index contributed by atoms with van der Waals surface area (Å²) in [4.78, 5) is 21.1. The van der Waals surface area contributed by atoms with Gasteiger partial charge in [-0.15, -0.1) is 0 Å². The van der Waals surface area contributed by atoms with Crippen molar-refractivity contribution in [2.75, 3.05) is 6.54 Å². The van der Waals surface area contributed by atoms with E-state index < -0.39 is 0 Å². The first kappa shape index (κ1) is 14.3. The number of fused-ring (bicyclic) bond motifs is 2. The molecule has 23 heavy (non-hydrogen) atoms. The molecule has 0 radical (unpaired) electrons. The Kier molecular flexibility index (Phi) is 3.78. The van der Waals surface area contributed by atoms with Crippen LogP contribution in [0.25, 0.3) is 0 Å². The molecule has 120 valence electrons. The van der Waals surface area contributed by atoms with Gasteiger partial charge in [0, 0.05) is 44.4 Å². The van der Waals surface area contributed by atoms with E-state index in [9.17, 15) is 4.79 Å². The van der Waals surface area contributed by atoms with E-state index in [0.717, 1.165) is 43.7 Å². The molecule has 2 N–H and O–H groups in total. The van der Waals surface area contributed by atoms with Crippen LogP contribution >= 0.6 is 0 Å². The molecule has 4 heterocycles. The number of amides is 1. The van der Waals surface area contributed by atoms with Gasteiger partial charge in [0.1, 0.15) is 12.2 Å². The summed E-state index contributed by atoms with van der Waals surface area (Å²) in [6.45, 7) is 3.00. The van der Waals surface area contributed by atoms with Crippen LogP contribution in [0, 0.1) is 5.92 Å². The third-order valence-corrected chi connectivity index (χ3v) is 4.61. The van der Waals surface area contributed by atoms with Crippen molar-refractivity contribution in [2.24, 2.45) is 5.92 Å². The number of carbonyl (C=O) groups is 1. The average Bonchev–Trinajstić information content (AvgIpc) is 3.07. The van der Waals surface area contributed by atoms with Gasteiger partial charge >= 0.3 is 0 Å². The van der Waals surface area contributed by atoms with Crippen LogP contribution in [0.3, 0.4) is 0 Å². The summed E-state index contributed by atoms with van der Waals surface area (Å²) in [6, 6.07) is 2.14. The Balaban J connectivity index is 1.37. The van der Waals surface area contributed by atoms with Crippen molar-refractivity contribution in [3.05, 3.63) is 41.2 Å². The molecule has 2 aromatic heterocycles. The van der Waals surface area contributed by atoms with E-state index in [1.165, 1.54) is 11.3 Å². The molecule has 0 saturated carbocycles. The molecule has 4 rings (SSSR count). The topological polar surface area (TPSA) is 84.7 Å². The number of aromatic nitrogens is 4. The lowest BCUT2D eigenvalue weighted by Gasteiger charge is -2.22. The molecular formula is C16H20N6O. The van der Waals surface area contributed by atoms with Crippen LogP contribution in [0.5, 0.6) is 0 Å². The van der Waals surface area contributed by atoms with Gasteiger partial charge in [0.15, 0.2) is 0 Å². The van der Waals surface area contributed by atoms with E-state index in [-0.39, 0.29) is 11.8 Å². The molecule has 1 atom stereocenters. The van der Waals surface area contributed by atoms with Gasteiger partial charge in [-0.2, -0.15) is 5.10 Å². The van der Waals surface area contributed by atoms with Crippen LogP contribution < -0.4 is 10.6 Å². The molecular weight excluding hydrogens is 292 g/mol. The maximum Gasteiger partial charge on any atom is 0.225 e. The molecule has 2 aromatic rings. The summed E-state index contributed by atoms with van der Waals surface area (Å²) in [5, 5.41) is 10.6. The molecule has 0 aliphatic carbocycles. The second-order valence-electron chi connectivity index (χ2n) is 6.19. The van der Waals surface area contributed by atoms with E-state index in [0.29, 0.717) is 13.1 Å². The summed E-state index contributed by atoms with van der Waals surface area (Å²) in [5.41, 5.74) is 3.47. The highest BCUT2D eigenvalue weighted by Gasteiger charge is 2.25. The highest BCUT2D eigenvalue weighted by Crippen LogP contribution is 2.18. The SMILES string of the molecule is O=C(NCc1cnc2c(c1)CNCC2)C1CCc2ncnn2C1. The third-order valence-electron chi connectivity index (χ3n) is 4.61. The fourth-order valence-corrected chi connectivity index (χ4v) is 3.28. The molecule has 7 nitrogen and oxygen atoms in total. The lowest BCUT2D eigenvalue weighted by molar-refractivity contribution is -0.126. The second-order valence-corrected chi connectivity index (χ2v) is 6.19. The van der Waals surface area contributed by atoms with Gasteiger partial charge in [-0.1, -0.05) is 0 Å². The first-order valence-corrected chi connectivity index (χ1v) is 8.11. The lowest BCUT2D eigenvalue weighted by Crippen LogP contribution is -2.36. The smallest absolute Gasteiger partial charge is 0.225 e. The second kappa shape index (κ2) is 6.08. The molecule has 2 aliphatic heterocycles. The van der Waals surface area contributed by atoms with Crippen molar-refractivity contribution in [2.45, 2.75) is 38.9 Å². The summed E-state index contributed by atoms with van der Waals surface area (Å²) >= 11 is 0. The predicted octanol–water partition coefficient (Wildman–Crippen LogP) is 0.198. The molecule has 0 bridgehead atoms. The number of nitrogens with zero attached hydrogens (tertiary/aromatic N) is 4. The first-order chi connectivity index (χ1) is 11.3. The molecule has 0 spiro atoms. The largest absolute Gasteiger partial charge is 0.352 e. The van der Waals surface area contributed by atoms with Gasteiger partial charge in [0.25, 0.3) is 0 Å². The molecule has 1 unspecified atom stereocenters. The Morgan fingerprint density at radius 2 is 2.35 bits per heavy atom. The van der Waals surface area contributed by atoms with Gasteiger partial charge in [-0.05, 0) is 23.6 Å². The summed E-state index contributed by atoms with van der Waals surface area (Å²) < 4.78 is 1.83. The van der Waals surface area contributed by atoms with Crippen LogP contribution in [0.1, 0.15) is 29.1 Å². The first-order valence-electron chi connectivity index (χ1n) is 8.11. The van der Waals surface area contributed by atoms with Crippen LogP contribution in [-0.4, -0.2) is 32.2 Å². The number of aryl methyl sites for hydroxylation is 1. The van der Waals surface area contributed by atoms with Gasteiger partial charge < -0.3 is 10.6 Å². The van der Waals surface area contributed by atoms with Crippen LogP contribution in [0.4, 0.5) is 0 Å². The van der Waals surface area contributed by atoms with Gasteiger partial charge in [-0.25, -0.2) is 9.67 Å². The number of hydrogen-bond acceptors (Lipinski definition) is 5. The van der Waals surface area contributed by atoms with E-state index in [2.05, 4.69) is 31.8 Å². The summed E-state index contributed by atoms with van der Waals surface area (Å²) in [6.07, 6.45) is 6.05. The van der Waals surface area contributed by atoms with Crippen LogP contribution in [-0.2, 0) is 37.3 Å². The zero-order chi connectivity index (χ0) is 15.6. The Morgan fingerprint density at radius 3 is 3.30 bits per heavy atom. The minimum Gasteiger partial charge on any atom is -0.352 e. The number of rotatable bonds is 3. The Hall–Kier alpha value is -2.28. The van der Waals surface area contributed by atoms with Crippen LogP contribution in [0.2, 0.25) is 0 Å². The monoisotopic (exact) mass is 312 g/mol. The van der Waals surface area contributed by atoms with Gasteiger partial charge in [0.2, 0.25) is 5.91 Å². The van der Waals surface area contributed by atoms with Crippen molar-refractivity contribution >= 4 is 5.91 Å². The number of hydrogen-bond donors (Lipinski definition) is 2. The van der Waals surface area contributed by atoms with E-state index in [1.54, 1.807) is 6.33 Å². The minimum atomic E-state index is -0.0311. The molecule has 0 fully saturated rings. The van der Waals surface area contributed by atoms with Crippen LogP contribution in [0.15, 0.2) is 18.6 Å². The molecule has 2 aliphatic rings. The summed E-state index contributed by atoms with van der Waals surface area (Å²) in [5.74, 6) is 1.03. The summed E-state index contributed by atoms with van der Waals surface area (Å²) in [7, 11) is 0. The van der Waals surface area contributed by atoms with E-state index in [4.69, 9.17) is 0 Å². The Labute approximate surface area is 134 Å². The standard InChI is InChI=1S/C16H20N6O/c23-16(12-1-2-15-20-10-21-22(15)9-12)19-7-11-5-13-8-17-4-3-14(13)18-6-11/h5-6,10,12,17H,1-4,7-9H2,(H,19,23). The average molecular weight is 312 g/mol. The highest BCUT2D eigenvalue weighted by atomic mass is 16.1. The van der Waals surface area contributed by atoms with Crippen molar-refractivity contribution < 1.29 is 4.79 Å². The van der Waals surface area contributed by atoms with E-state index in [1.807, 2.05) is 10.9 Å². The molecule has 1 amide bonds. The van der Waals surface area contributed by atoms with Crippen molar-refractivity contribution in [3.63, 3.8) is 0 Å². The lowest BCUT2D eigenvalue weighted by atomic mass is 9.98. The van der Waals surface area contributed by atoms with Crippen molar-refractivity contribution in [1.29, 1.82) is 0 Å². The zero-order valence-electron chi connectivity index (χ0n) is 13.0. The highest BCUT2D eigenvalue weighted by molar-refractivity contribution is 5.78. The third kappa shape index (κ3) is 2.96. The van der Waals surface area contributed by atoms with E-state index >= 15 is 0 Å². The molecule has 0 saturated heterocycles. The van der Waals surface area contributed by atoms with Gasteiger partial charge in [0.05, 0.1) is 12.5 Å². The van der Waals surface area contributed by atoms with Gasteiger partial charge in [-0.3, -0.25) is 9.78 Å². The fourth-order valence-electron chi connectivity index (χ4n) is 3.28. The number of carbonyl (C=O) groups excluding carboxylic acids is 1. The zero-order valence-corrected chi connectivity index (χ0v) is 13.0. The number of pyridine rings is 1.